The zero-order valence-corrected chi connectivity index (χ0v) is 11.7. The number of carbonyl (C=O) groups excluding carboxylic acids is 3. The van der Waals surface area contributed by atoms with Crippen LogP contribution in [0, 0.1) is 0 Å². The fraction of sp³-hybridized carbons (Fsp3) is 0.357. The van der Waals surface area contributed by atoms with E-state index in [1.807, 2.05) is 30.3 Å². The molecule has 1 N–H and O–H groups in total. The molecule has 5 heteroatoms. The molecule has 0 aliphatic heterocycles. The molecule has 0 saturated heterocycles. The van der Waals surface area contributed by atoms with Crippen molar-refractivity contribution in [1.29, 1.82) is 0 Å². The molecule has 1 atom stereocenters. The Morgan fingerprint density at radius 2 is 1.84 bits per heavy atom. The van der Waals surface area contributed by atoms with Crippen LogP contribution in [0.2, 0.25) is 0 Å². The van der Waals surface area contributed by atoms with E-state index in [4.69, 9.17) is 0 Å². The van der Waals surface area contributed by atoms with Crippen molar-refractivity contribution in [2.45, 2.75) is 32.2 Å². The van der Waals surface area contributed by atoms with Gasteiger partial charge in [-0.05, 0) is 18.9 Å². The summed E-state index contributed by atoms with van der Waals surface area (Å²) >= 11 is 3.54. The van der Waals surface area contributed by atoms with Gasteiger partial charge in [0.1, 0.15) is 0 Å². The molecule has 0 unspecified atom stereocenters. The molecule has 0 fully saturated rings. The van der Waals surface area contributed by atoms with Gasteiger partial charge in [-0.3, -0.25) is 14.4 Å². The normalized spacial score (nSPS) is 11.7. The van der Waals surface area contributed by atoms with Crippen molar-refractivity contribution in [2.75, 3.05) is 0 Å². The molecule has 0 aliphatic carbocycles. The number of thiol groups is 1. The average molecular weight is 279 g/mol. The summed E-state index contributed by atoms with van der Waals surface area (Å²) in [7, 11) is 0. The summed E-state index contributed by atoms with van der Waals surface area (Å²) in [5.74, 6) is -0.524. The van der Waals surface area contributed by atoms with Crippen LogP contribution in [0.5, 0.6) is 0 Å². The van der Waals surface area contributed by atoms with Crippen LogP contribution in [-0.4, -0.2) is 22.8 Å². The molecule has 1 aromatic carbocycles. The molecular formula is C14H17NO3S. The molecule has 0 aromatic heterocycles. The lowest BCUT2D eigenvalue weighted by molar-refractivity contribution is -0.129. The smallest absolute Gasteiger partial charge is 0.220 e. The predicted octanol–water partition coefficient (Wildman–Crippen LogP) is 1.54. The number of ketones is 1. The minimum atomic E-state index is -0.653. The summed E-state index contributed by atoms with van der Waals surface area (Å²) in [6, 6.07) is 8.98. The highest BCUT2D eigenvalue weighted by Gasteiger charge is 2.17. The Morgan fingerprint density at radius 3 is 2.42 bits per heavy atom. The van der Waals surface area contributed by atoms with Gasteiger partial charge in [-0.2, -0.15) is 0 Å². The molecule has 0 saturated carbocycles. The van der Waals surface area contributed by atoms with Crippen molar-refractivity contribution in [3.05, 3.63) is 35.9 Å². The first-order valence-electron chi connectivity index (χ1n) is 6.07. The quantitative estimate of drug-likeness (QED) is 0.588. The Morgan fingerprint density at radius 1 is 1.21 bits per heavy atom. The zero-order valence-electron chi connectivity index (χ0n) is 10.8. The topological polar surface area (TPSA) is 63.2 Å². The molecule has 0 bridgehead atoms. The Balaban J connectivity index is 2.35. The van der Waals surface area contributed by atoms with Gasteiger partial charge in [0.05, 0.1) is 12.5 Å². The van der Waals surface area contributed by atoms with Gasteiger partial charge in [0.15, 0.2) is 10.9 Å². The van der Waals surface area contributed by atoms with Gasteiger partial charge in [0.25, 0.3) is 0 Å². The third kappa shape index (κ3) is 6.20. The van der Waals surface area contributed by atoms with Crippen molar-refractivity contribution >= 4 is 29.4 Å². The second-order valence-electron chi connectivity index (χ2n) is 4.31. The first kappa shape index (κ1) is 15.4. The second-order valence-corrected chi connectivity index (χ2v) is 4.81. The fourth-order valence-electron chi connectivity index (χ4n) is 1.60. The van der Waals surface area contributed by atoms with Crippen molar-refractivity contribution in [2.24, 2.45) is 0 Å². The fourth-order valence-corrected chi connectivity index (χ4v) is 1.75. The number of amides is 1. The number of nitrogens with one attached hydrogen (secondary N) is 1. The van der Waals surface area contributed by atoms with Crippen LogP contribution >= 0.6 is 12.6 Å². The molecular weight excluding hydrogens is 262 g/mol. The highest BCUT2D eigenvalue weighted by atomic mass is 32.1. The second kappa shape index (κ2) is 7.74. The minimum absolute atomic E-state index is 0.198. The van der Waals surface area contributed by atoms with Crippen LogP contribution in [0.25, 0.3) is 0 Å². The summed E-state index contributed by atoms with van der Waals surface area (Å²) in [6.45, 7) is 1.57. The SMILES string of the molecule is C[C@@H](NC(=O)CCc1ccccc1)C(=O)CC(=O)S. The van der Waals surface area contributed by atoms with E-state index in [2.05, 4.69) is 17.9 Å². The number of hydrogen-bond donors (Lipinski definition) is 2. The standard InChI is InChI=1S/C14H17NO3S/c1-10(12(16)9-14(18)19)15-13(17)8-7-11-5-3-2-4-6-11/h2-6,10H,7-9H2,1H3,(H,15,17)(H,18,19)/t10-/m1/s1. The maximum absolute atomic E-state index is 11.6. The third-order valence-electron chi connectivity index (χ3n) is 2.67. The zero-order chi connectivity index (χ0) is 14.3. The monoisotopic (exact) mass is 279 g/mol. The largest absolute Gasteiger partial charge is 0.347 e. The predicted molar refractivity (Wildman–Crippen MR) is 76.0 cm³/mol. The van der Waals surface area contributed by atoms with Gasteiger partial charge >= 0.3 is 0 Å². The Kier molecular flexibility index (Phi) is 6.29. The van der Waals surface area contributed by atoms with E-state index in [0.717, 1.165) is 5.56 Å². The molecule has 0 heterocycles. The van der Waals surface area contributed by atoms with Gasteiger partial charge in [-0.25, -0.2) is 0 Å². The van der Waals surface area contributed by atoms with E-state index in [9.17, 15) is 14.4 Å². The molecule has 19 heavy (non-hydrogen) atoms. The number of hydrogen-bond acceptors (Lipinski definition) is 3. The van der Waals surface area contributed by atoms with E-state index in [-0.39, 0.29) is 18.1 Å². The molecule has 1 aromatic rings. The number of rotatable bonds is 7. The lowest BCUT2D eigenvalue weighted by Crippen LogP contribution is -2.39. The Labute approximate surface area is 118 Å². The number of aryl methyl sites for hydroxylation is 1. The third-order valence-corrected chi connectivity index (χ3v) is 2.83. The van der Waals surface area contributed by atoms with Crippen LogP contribution in [0.1, 0.15) is 25.3 Å². The lowest BCUT2D eigenvalue weighted by atomic mass is 10.1. The molecule has 0 spiro atoms. The average Bonchev–Trinajstić information content (AvgIpc) is 2.36. The van der Waals surface area contributed by atoms with Crippen LogP contribution in [0.15, 0.2) is 30.3 Å². The van der Waals surface area contributed by atoms with Crippen molar-refractivity contribution in [3.8, 4) is 0 Å². The lowest BCUT2D eigenvalue weighted by Gasteiger charge is -2.11. The summed E-state index contributed by atoms with van der Waals surface area (Å²) < 4.78 is 0. The van der Waals surface area contributed by atoms with Gasteiger partial charge in [-0.15, -0.1) is 12.6 Å². The van der Waals surface area contributed by atoms with Gasteiger partial charge in [0, 0.05) is 6.42 Å². The first-order chi connectivity index (χ1) is 8.99. The minimum Gasteiger partial charge on any atom is -0.347 e. The summed E-state index contributed by atoms with van der Waals surface area (Å²) in [4.78, 5) is 33.8. The maximum Gasteiger partial charge on any atom is 0.220 e. The van der Waals surface area contributed by atoms with E-state index in [1.54, 1.807) is 6.92 Å². The van der Waals surface area contributed by atoms with E-state index < -0.39 is 11.2 Å². The Hall–Kier alpha value is -1.62. The van der Waals surface area contributed by atoms with Gasteiger partial charge in [-0.1, -0.05) is 30.3 Å². The van der Waals surface area contributed by atoms with E-state index in [1.165, 1.54) is 0 Å². The molecule has 1 rings (SSSR count). The number of benzene rings is 1. The molecule has 0 aliphatic rings. The molecule has 1 amide bonds. The van der Waals surface area contributed by atoms with Crippen LogP contribution in [0.4, 0.5) is 0 Å². The van der Waals surface area contributed by atoms with Crippen molar-refractivity contribution in [3.63, 3.8) is 0 Å². The Bertz CT molecular complexity index is 459. The van der Waals surface area contributed by atoms with Crippen molar-refractivity contribution in [1.82, 2.24) is 5.32 Å². The highest BCUT2D eigenvalue weighted by Crippen LogP contribution is 2.03. The number of Topliss-reactive ketones (excluding diaryl/α,β-unsaturated/α-hetero) is 1. The molecule has 102 valence electrons. The van der Waals surface area contributed by atoms with Crippen LogP contribution < -0.4 is 5.32 Å². The summed E-state index contributed by atoms with van der Waals surface area (Å²) in [6.07, 6.45) is 0.679. The van der Waals surface area contributed by atoms with Crippen LogP contribution in [0.3, 0.4) is 0 Å². The van der Waals surface area contributed by atoms with Crippen molar-refractivity contribution < 1.29 is 14.4 Å². The van der Waals surface area contributed by atoms with E-state index >= 15 is 0 Å². The number of carbonyl (C=O) groups is 3. The van der Waals surface area contributed by atoms with Gasteiger partial charge < -0.3 is 5.32 Å². The van der Waals surface area contributed by atoms with Gasteiger partial charge in [0.2, 0.25) is 5.91 Å². The maximum atomic E-state index is 11.6. The molecule has 4 nitrogen and oxygen atoms in total. The van der Waals surface area contributed by atoms with E-state index in [0.29, 0.717) is 12.8 Å². The molecule has 0 radical (unpaired) electrons. The summed E-state index contributed by atoms with van der Waals surface area (Å²) in [5.41, 5.74) is 1.07. The summed E-state index contributed by atoms with van der Waals surface area (Å²) in [5, 5.41) is 2.09. The highest BCUT2D eigenvalue weighted by molar-refractivity contribution is 7.96. The first-order valence-corrected chi connectivity index (χ1v) is 6.51. The van der Waals surface area contributed by atoms with Crippen LogP contribution in [-0.2, 0) is 20.8 Å².